The normalized spacial score (nSPS) is 16.3. The fourth-order valence-corrected chi connectivity index (χ4v) is 4.23. The number of ether oxygens (including phenoxy) is 1. The van der Waals surface area contributed by atoms with Gasteiger partial charge in [-0.3, -0.25) is 0 Å². The highest BCUT2D eigenvalue weighted by Crippen LogP contribution is 2.46. The van der Waals surface area contributed by atoms with Crippen LogP contribution in [0.1, 0.15) is 54.6 Å². The average Bonchev–Trinajstić information content (AvgIpc) is 3.65. The third-order valence-corrected chi connectivity index (χ3v) is 6.17. The predicted molar refractivity (Wildman–Crippen MR) is 107 cm³/mol. The zero-order valence-corrected chi connectivity index (χ0v) is 16.4. The maximum absolute atomic E-state index is 13.0. The van der Waals surface area contributed by atoms with Crippen molar-refractivity contribution in [1.29, 1.82) is 0 Å². The molecule has 2 aliphatic rings. The molecule has 144 valence electrons. The number of hydrogen-bond acceptors (Lipinski definition) is 4. The van der Waals surface area contributed by atoms with Crippen LogP contribution in [0.4, 0.5) is 4.39 Å². The Balaban J connectivity index is 1.18. The number of thioether (sulfide) groups is 1. The van der Waals surface area contributed by atoms with Crippen LogP contribution in [0, 0.1) is 5.82 Å². The smallest absolute Gasteiger partial charge is 0.191 e. The number of hydrogen-bond donors (Lipinski definition) is 0. The quantitative estimate of drug-likeness (QED) is 0.472. The summed E-state index contributed by atoms with van der Waals surface area (Å²) in [6.45, 7) is 0.433. The van der Waals surface area contributed by atoms with Gasteiger partial charge in [0.25, 0.3) is 0 Å². The van der Waals surface area contributed by atoms with Gasteiger partial charge in [0.1, 0.15) is 24.0 Å². The van der Waals surface area contributed by atoms with Gasteiger partial charge in [-0.15, -0.1) is 10.2 Å². The molecule has 0 aliphatic heterocycles. The van der Waals surface area contributed by atoms with E-state index in [0.29, 0.717) is 18.6 Å². The lowest BCUT2D eigenvalue weighted by Gasteiger charge is -2.09. The van der Waals surface area contributed by atoms with Crippen molar-refractivity contribution < 1.29 is 9.13 Å². The van der Waals surface area contributed by atoms with Crippen LogP contribution in [-0.2, 0) is 12.4 Å². The number of nitrogens with zero attached hydrogens (tertiary/aromatic N) is 3. The van der Waals surface area contributed by atoms with E-state index in [2.05, 4.69) is 26.9 Å². The van der Waals surface area contributed by atoms with Gasteiger partial charge in [-0.1, -0.05) is 36.0 Å². The van der Waals surface area contributed by atoms with Crippen molar-refractivity contribution in [3.05, 3.63) is 71.3 Å². The van der Waals surface area contributed by atoms with E-state index in [1.54, 1.807) is 23.9 Å². The van der Waals surface area contributed by atoms with Crippen LogP contribution < -0.4 is 4.74 Å². The van der Waals surface area contributed by atoms with Crippen molar-refractivity contribution in [2.45, 2.75) is 55.2 Å². The van der Waals surface area contributed by atoms with Crippen molar-refractivity contribution in [3.8, 4) is 5.75 Å². The Labute approximate surface area is 168 Å². The van der Waals surface area contributed by atoms with Crippen molar-refractivity contribution >= 4 is 11.8 Å². The molecule has 0 spiro atoms. The minimum atomic E-state index is -0.229. The van der Waals surface area contributed by atoms with E-state index in [9.17, 15) is 4.39 Å². The molecule has 2 saturated carbocycles. The van der Waals surface area contributed by atoms with Crippen molar-refractivity contribution in [3.63, 3.8) is 0 Å². The molecule has 0 radical (unpaired) electrons. The van der Waals surface area contributed by atoms with Crippen molar-refractivity contribution in [1.82, 2.24) is 14.8 Å². The third-order valence-electron chi connectivity index (χ3n) is 5.16. The lowest BCUT2D eigenvalue weighted by Crippen LogP contribution is -2.02. The Morgan fingerprint density at radius 3 is 2.32 bits per heavy atom. The molecule has 2 aliphatic carbocycles. The van der Waals surface area contributed by atoms with Crippen molar-refractivity contribution in [2.75, 3.05) is 0 Å². The monoisotopic (exact) mass is 395 g/mol. The van der Waals surface area contributed by atoms with Gasteiger partial charge < -0.3 is 9.30 Å². The molecule has 6 heteroatoms. The average molecular weight is 396 g/mol. The molecule has 1 heterocycles. The van der Waals surface area contributed by atoms with E-state index in [-0.39, 0.29) is 5.82 Å². The summed E-state index contributed by atoms with van der Waals surface area (Å²) in [5.41, 5.74) is 2.18. The SMILES string of the molecule is Fc1ccc(COc2ccc(CSc3nnc(C4CC4)n3C3CC3)cc2)cc1. The Bertz CT molecular complexity index is 947. The molecule has 0 saturated heterocycles. The number of rotatable bonds is 8. The molecular weight excluding hydrogens is 373 g/mol. The van der Waals surface area contributed by atoms with Crippen LogP contribution in [0.3, 0.4) is 0 Å². The second-order valence-electron chi connectivity index (χ2n) is 7.56. The van der Waals surface area contributed by atoms with E-state index in [1.165, 1.54) is 49.2 Å². The first-order valence-electron chi connectivity index (χ1n) is 9.80. The molecule has 5 rings (SSSR count). The standard InChI is InChI=1S/C22H22FN3OS/c23-18-7-1-15(2-8-18)13-27-20-11-3-16(4-12-20)14-28-22-25-24-21(17-5-6-17)26(22)19-9-10-19/h1-4,7-8,11-12,17,19H,5-6,9-10,13-14H2. The minimum absolute atomic E-state index is 0.229. The molecule has 2 aromatic carbocycles. The van der Waals surface area contributed by atoms with Crippen LogP contribution in [0.5, 0.6) is 5.75 Å². The lowest BCUT2D eigenvalue weighted by molar-refractivity contribution is 0.306. The second-order valence-corrected chi connectivity index (χ2v) is 8.51. The molecule has 0 atom stereocenters. The van der Waals surface area contributed by atoms with Gasteiger partial charge in [-0.2, -0.15) is 0 Å². The van der Waals surface area contributed by atoms with Crippen LogP contribution in [0.25, 0.3) is 0 Å². The number of aromatic nitrogens is 3. The van der Waals surface area contributed by atoms with Gasteiger partial charge in [0.2, 0.25) is 0 Å². The van der Waals surface area contributed by atoms with Crippen LogP contribution in [0.15, 0.2) is 53.7 Å². The van der Waals surface area contributed by atoms with Gasteiger partial charge >= 0.3 is 0 Å². The Morgan fingerprint density at radius 1 is 0.929 bits per heavy atom. The number of benzene rings is 2. The van der Waals surface area contributed by atoms with E-state index in [4.69, 9.17) is 4.74 Å². The van der Waals surface area contributed by atoms with Crippen LogP contribution in [0.2, 0.25) is 0 Å². The molecule has 3 aromatic rings. The molecule has 0 N–H and O–H groups in total. The number of halogens is 1. The van der Waals surface area contributed by atoms with Crippen LogP contribution in [-0.4, -0.2) is 14.8 Å². The Hall–Kier alpha value is -2.34. The zero-order chi connectivity index (χ0) is 18.9. The Kier molecular flexibility index (Phi) is 4.81. The van der Waals surface area contributed by atoms with E-state index in [0.717, 1.165) is 22.2 Å². The summed E-state index contributed by atoms with van der Waals surface area (Å²) in [4.78, 5) is 0. The maximum atomic E-state index is 13.0. The first kappa shape index (κ1) is 17.7. The topological polar surface area (TPSA) is 39.9 Å². The summed E-state index contributed by atoms with van der Waals surface area (Å²) in [6.07, 6.45) is 5.03. The Morgan fingerprint density at radius 2 is 1.64 bits per heavy atom. The van der Waals surface area contributed by atoms with Gasteiger partial charge in [0.15, 0.2) is 5.16 Å². The summed E-state index contributed by atoms with van der Waals surface area (Å²) >= 11 is 1.76. The van der Waals surface area contributed by atoms with Gasteiger partial charge in [-0.05, 0) is 61.1 Å². The fourth-order valence-electron chi connectivity index (χ4n) is 3.26. The molecular formula is C22H22FN3OS. The highest BCUT2D eigenvalue weighted by atomic mass is 32.2. The summed E-state index contributed by atoms with van der Waals surface area (Å²) < 4.78 is 21.1. The van der Waals surface area contributed by atoms with E-state index < -0.39 is 0 Å². The van der Waals surface area contributed by atoms with Crippen LogP contribution >= 0.6 is 11.8 Å². The first-order valence-corrected chi connectivity index (χ1v) is 10.8. The zero-order valence-electron chi connectivity index (χ0n) is 15.6. The largest absolute Gasteiger partial charge is 0.489 e. The molecule has 0 amide bonds. The molecule has 1 aromatic heterocycles. The molecule has 2 fully saturated rings. The summed E-state index contributed by atoms with van der Waals surface area (Å²) in [6, 6.07) is 15.2. The van der Waals surface area contributed by atoms with Gasteiger partial charge in [-0.25, -0.2) is 4.39 Å². The summed E-state index contributed by atoms with van der Waals surface area (Å²) in [5.74, 6) is 3.30. The predicted octanol–water partition coefficient (Wildman–Crippen LogP) is 5.50. The summed E-state index contributed by atoms with van der Waals surface area (Å²) in [7, 11) is 0. The summed E-state index contributed by atoms with van der Waals surface area (Å²) in [5, 5.41) is 9.99. The molecule has 4 nitrogen and oxygen atoms in total. The molecule has 0 unspecified atom stereocenters. The van der Waals surface area contributed by atoms with Gasteiger partial charge in [0, 0.05) is 17.7 Å². The second kappa shape index (κ2) is 7.59. The maximum Gasteiger partial charge on any atom is 0.191 e. The van der Waals surface area contributed by atoms with Crippen molar-refractivity contribution in [2.24, 2.45) is 0 Å². The third kappa shape index (κ3) is 4.07. The molecule has 28 heavy (non-hydrogen) atoms. The highest BCUT2D eigenvalue weighted by Gasteiger charge is 2.36. The van der Waals surface area contributed by atoms with E-state index >= 15 is 0 Å². The first-order chi connectivity index (χ1) is 13.8. The van der Waals surface area contributed by atoms with E-state index in [1.807, 2.05) is 12.1 Å². The minimum Gasteiger partial charge on any atom is -0.489 e. The lowest BCUT2D eigenvalue weighted by atomic mass is 10.2. The highest BCUT2D eigenvalue weighted by molar-refractivity contribution is 7.98. The van der Waals surface area contributed by atoms with Gasteiger partial charge in [0.05, 0.1) is 0 Å². The molecule has 0 bridgehead atoms. The fraction of sp³-hybridized carbons (Fsp3) is 0.364.